The fraction of sp³-hybridized carbons (Fsp3) is 0.429. The number of nitrogen functional groups attached to an aromatic ring is 1. The summed E-state index contributed by atoms with van der Waals surface area (Å²) >= 11 is 0. The number of hydrogen-bond acceptors (Lipinski definition) is 4. The van der Waals surface area contributed by atoms with Crippen molar-refractivity contribution in [3.8, 4) is 0 Å². The molecule has 0 aliphatic carbocycles. The highest BCUT2D eigenvalue weighted by molar-refractivity contribution is 5.88. The molecule has 0 unspecified atom stereocenters. The van der Waals surface area contributed by atoms with Gasteiger partial charge in [0, 0.05) is 13.1 Å². The summed E-state index contributed by atoms with van der Waals surface area (Å²) in [5, 5.41) is 0.532. The third kappa shape index (κ3) is 2.70. The van der Waals surface area contributed by atoms with E-state index in [2.05, 4.69) is 35.6 Å². The summed E-state index contributed by atoms with van der Waals surface area (Å²) in [6.45, 7) is 8.23. The summed E-state index contributed by atoms with van der Waals surface area (Å²) in [6, 6.07) is 3.60. The van der Waals surface area contributed by atoms with E-state index in [1.807, 2.05) is 6.07 Å². The van der Waals surface area contributed by atoms with Gasteiger partial charge >= 0.3 is 0 Å². The molecule has 0 radical (unpaired) electrons. The maximum atomic E-state index is 11.7. The van der Waals surface area contributed by atoms with Gasteiger partial charge in [-0.1, -0.05) is 13.8 Å². The largest absolute Gasteiger partial charge is 0.397 e. The zero-order valence-corrected chi connectivity index (χ0v) is 11.6. The second-order valence-electron chi connectivity index (χ2n) is 5.09. The number of benzene rings is 1. The standard InChI is InChI=1S/C14H20N4O/c1-4-18(7-9(2)3)13-6-12-10(5-11(13)15)14(19)17-8-16-12/h5-6,8-9H,4,7,15H2,1-3H3,(H,16,17,19). The summed E-state index contributed by atoms with van der Waals surface area (Å²) in [7, 11) is 0. The molecule has 0 saturated heterocycles. The van der Waals surface area contributed by atoms with Crippen LogP contribution in [0.1, 0.15) is 20.8 Å². The normalized spacial score (nSPS) is 11.2. The monoisotopic (exact) mass is 260 g/mol. The van der Waals surface area contributed by atoms with Crippen molar-refractivity contribution in [2.24, 2.45) is 5.92 Å². The maximum Gasteiger partial charge on any atom is 0.258 e. The van der Waals surface area contributed by atoms with E-state index in [1.54, 1.807) is 6.07 Å². The SMILES string of the molecule is CCN(CC(C)C)c1cc2nc[nH]c(=O)c2cc1N. The van der Waals surface area contributed by atoms with Crippen LogP contribution in [0.3, 0.4) is 0 Å². The molecule has 0 amide bonds. The Kier molecular flexibility index (Phi) is 3.74. The molecule has 1 aromatic carbocycles. The number of anilines is 2. The molecule has 0 bridgehead atoms. The van der Waals surface area contributed by atoms with Crippen LogP contribution in [0.25, 0.3) is 10.9 Å². The molecule has 5 heteroatoms. The van der Waals surface area contributed by atoms with E-state index in [-0.39, 0.29) is 5.56 Å². The van der Waals surface area contributed by atoms with Crippen LogP contribution in [0.15, 0.2) is 23.3 Å². The van der Waals surface area contributed by atoms with E-state index in [4.69, 9.17) is 5.73 Å². The van der Waals surface area contributed by atoms with Crippen LogP contribution < -0.4 is 16.2 Å². The lowest BCUT2D eigenvalue weighted by Gasteiger charge is -2.26. The second-order valence-corrected chi connectivity index (χ2v) is 5.09. The minimum atomic E-state index is -0.157. The molecule has 0 saturated carbocycles. The molecule has 0 atom stereocenters. The quantitative estimate of drug-likeness (QED) is 0.824. The van der Waals surface area contributed by atoms with Crippen LogP contribution in [0.2, 0.25) is 0 Å². The van der Waals surface area contributed by atoms with Crippen LogP contribution in [-0.2, 0) is 0 Å². The highest BCUT2D eigenvalue weighted by Crippen LogP contribution is 2.27. The van der Waals surface area contributed by atoms with Crippen molar-refractivity contribution >= 4 is 22.3 Å². The van der Waals surface area contributed by atoms with Crippen molar-refractivity contribution < 1.29 is 0 Å². The fourth-order valence-electron chi connectivity index (χ4n) is 2.23. The number of nitrogens with two attached hydrogens (primary N) is 1. The van der Waals surface area contributed by atoms with Crippen LogP contribution in [0.5, 0.6) is 0 Å². The molecular weight excluding hydrogens is 240 g/mol. The first-order chi connectivity index (χ1) is 9.02. The van der Waals surface area contributed by atoms with Gasteiger partial charge in [0.2, 0.25) is 0 Å². The molecule has 0 aliphatic rings. The Morgan fingerprint density at radius 3 is 2.79 bits per heavy atom. The molecule has 1 aromatic heterocycles. The van der Waals surface area contributed by atoms with Crippen molar-refractivity contribution in [2.45, 2.75) is 20.8 Å². The summed E-state index contributed by atoms with van der Waals surface area (Å²) in [6.07, 6.45) is 1.42. The number of nitrogens with one attached hydrogen (secondary N) is 1. The third-order valence-corrected chi connectivity index (χ3v) is 3.10. The van der Waals surface area contributed by atoms with E-state index in [0.717, 1.165) is 18.8 Å². The highest BCUT2D eigenvalue weighted by Gasteiger charge is 2.12. The Balaban J connectivity index is 2.54. The predicted octanol–water partition coefficient (Wildman–Crippen LogP) is 1.99. The minimum Gasteiger partial charge on any atom is -0.397 e. The summed E-state index contributed by atoms with van der Waals surface area (Å²) in [4.78, 5) is 20.7. The first-order valence-electron chi connectivity index (χ1n) is 6.54. The molecule has 5 nitrogen and oxygen atoms in total. The number of H-pyrrole nitrogens is 1. The maximum absolute atomic E-state index is 11.7. The van der Waals surface area contributed by atoms with Gasteiger partial charge in [-0.05, 0) is 25.0 Å². The van der Waals surface area contributed by atoms with E-state index < -0.39 is 0 Å². The number of rotatable bonds is 4. The fourth-order valence-corrected chi connectivity index (χ4v) is 2.23. The van der Waals surface area contributed by atoms with Gasteiger partial charge in [0.25, 0.3) is 5.56 Å². The first kappa shape index (κ1) is 13.4. The molecule has 0 spiro atoms. The van der Waals surface area contributed by atoms with Crippen molar-refractivity contribution in [3.63, 3.8) is 0 Å². The van der Waals surface area contributed by atoms with E-state index in [1.165, 1.54) is 6.33 Å². The molecule has 0 fully saturated rings. The van der Waals surface area contributed by atoms with E-state index in [0.29, 0.717) is 22.5 Å². The van der Waals surface area contributed by atoms with Crippen molar-refractivity contribution in [1.82, 2.24) is 9.97 Å². The average Bonchev–Trinajstić information content (AvgIpc) is 2.36. The van der Waals surface area contributed by atoms with Gasteiger partial charge in [0.1, 0.15) is 0 Å². The van der Waals surface area contributed by atoms with Gasteiger partial charge in [-0.25, -0.2) is 4.98 Å². The third-order valence-electron chi connectivity index (χ3n) is 3.10. The summed E-state index contributed by atoms with van der Waals surface area (Å²) in [5.74, 6) is 0.544. The number of nitrogens with zero attached hydrogens (tertiary/aromatic N) is 2. The zero-order valence-electron chi connectivity index (χ0n) is 11.6. The van der Waals surface area contributed by atoms with Crippen LogP contribution in [0.4, 0.5) is 11.4 Å². The lowest BCUT2D eigenvalue weighted by atomic mass is 10.1. The average molecular weight is 260 g/mol. The lowest BCUT2D eigenvalue weighted by molar-refractivity contribution is 0.619. The molecule has 2 rings (SSSR count). The van der Waals surface area contributed by atoms with E-state index in [9.17, 15) is 4.79 Å². The Morgan fingerprint density at radius 1 is 1.42 bits per heavy atom. The summed E-state index contributed by atoms with van der Waals surface area (Å²) < 4.78 is 0. The van der Waals surface area contributed by atoms with Crippen LogP contribution >= 0.6 is 0 Å². The number of hydrogen-bond donors (Lipinski definition) is 2. The molecule has 102 valence electrons. The Hall–Kier alpha value is -2.04. The second kappa shape index (κ2) is 5.30. The molecule has 19 heavy (non-hydrogen) atoms. The first-order valence-corrected chi connectivity index (χ1v) is 6.54. The van der Waals surface area contributed by atoms with Gasteiger partial charge < -0.3 is 15.6 Å². The number of aromatic nitrogens is 2. The van der Waals surface area contributed by atoms with Gasteiger partial charge in [-0.2, -0.15) is 0 Å². The topological polar surface area (TPSA) is 75.0 Å². The van der Waals surface area contributed by atoms with Crippen LogP contribution in [0, 0.1) is 5.92 Å². The molecule has 1 heterocycles. The Bertz CT molecular complexity index is 633. The summed E-state index contributed by atoms with van der Waals surface area (Å²) in [5.41, 5.74) is 8.17. The van der Waals surface area contributed by atoms with E-state index >= 15 is 0 Å². The van der Waals surface area contributed by atoms with Crippen molar-refractivity contribution in [3.05, 3.63) is 28.8 Å². The molecule has 3 N–H and O–H groups in total. The molecule has 0 aliphatic heterocycles. The lowest BCUT2D eigenvalue weighted by Crippen LogP contribution is -2.28. The van der Waals surface area contributed by atoms with Gasteiger partial charge in [0.05, 0.1) is 28.6 Å². The Labute approximate surface area is 112 Å². The Morgan fingerprint density at radius 2 is 2.16 bits per heavy atom. The molecule has 2 aromatic rings. The predicted molar refractivity (Wildman–Crippen MR) is 79.5 cm³/mol. The van der Waals surface area contributed by atoms with Crippen molar-refractivity contribution in [1.29, 1.82) is 0 Å². The van der Waals surface area contributed by atoms with Crippen molar-refractivity contribution in [2.75, 3.05) is 23.7 Å². The number of fused-ring (bicyclic) bond motifs is 1. The number of aromatic amines is 1. The molecular formula is C14H20N4O. The van der Waals surface area contributed by atoms with Gasteiger partial charge in [-0.15, -0.1) is 0 Å². The zero-order chi connectivity index (χ0) is 14.0. The van der Waals surface area contributed by atoms with Gasteiger partial charge in [0.15, 0.2) is 0 Å². The van der Waals surface area contributed by atoms with Gasteiger partial charge in [-0.3, -0.25) is 4.79 Å². The smallest absolute Gasteiger partial charge is 0.258 e. The highest BCUT2D eigenvalue weighted by atomic mass is 16.1. The van der Waals surface area contributed by atoms with Crippen LogP contribution in [-0.4, -0.2) is 23.1 Å². The minimum absolute atomic E-state index is 0.157.